The van der Waals surface area contributed by atoms with Crippen molar-refractivity contribution in [2.24, 2.45) is 32.5 Å². The SMILES string of the molecule is C=N/C=C(/C)C(=NCNC1=CC(N)=C(C(C)=NC)CC1)NC1CC2CN(C(=C)C)CC2C1. The summed E-state index contributed by atoms with van der Waals surface area (Å²) in [5.41, 5.74) is 12.5. The van der Waals surface area contributed by atoms with Gasteiger partial charge in [-0.1, -0.05) is 6.58 Å². The molecule has 1 heterocycles. The van der Waals surface area contributed by atoms with E-state index in [0.29, 0.717) is 12.7 Å². The number of fused-ring (bicyclic) bond motifs is 1. The summed E-state index contributed by atoms with van der Waals surface area (Å²) in [7, 11) is 1.80. The lowest BCUT2D eigenvalue weighted by molar-refractivity contribution is 0.377. The molecule has 2 unspecified atom stereocenters. The van der Waals surface area contributed by atoms with Crippen molar-refractivity contribution in [1.82, 2.24) is 15.5 Å². The quantitative estimate of drug-likeness (QED) is 0.401. The van der Waals surface area contributed by atoms with Gasteiger partial charge in [-0.05, 0) is 76.7 Å². The molecule has 0 aromatic rings. The second kappa shape index (κ2) is 10.7. The van der Waals surface area contributed by atoms with Crippen molar-refractivity contribution in [3.05, 3.63) is 47.1 Å². The van der Waals surface area contributed by atoms with Crippen LogP contribution in [-0.4, -0.2) is 56.0 Å². The lowest BCUT2D eigenvalue weighted by Crippen LogP contribution is -2.36. The third-order valence-corrected chi connectivity index (χ3v) is 6.93. The fourth-order valence-corrected chi connectivity index (χ4v) is 5.04. The number of amidine groups is 1. The molecule has 0 spiro atoms. The van der Waals surface area contributed by atoms with Crippen molar-refractivity contribution in [2.75, 3.05) is 26.8 Å². The van der Waals surface area contributed by atoms with Crippen LogP contribution in [0.3, 0.4) is 0 Å². The monoisotopic (exact) mass is 437 g/mol. The van der Waals surface area contributed by atoms with Gasteiger partial charge in [0.1, 0.15) is 12.5 Å². The highest BCUT2D eigenvalue weighted by Gasteiger charge is 2.41. The third kappa shape index (κ3) is 5.69. The topological polar surface area (TPSA) is 90.4 Å². The predicted molar refractivity (Wildman–Crippen MR) is 136 cm³/mol. The maximum Gasteiger partial charge on any atom is 0.127 e. The van der Waals surface area contributed by atoms with Gasteiger partial charge in [-0.3, -0.25) is 9.98 Å². The summed E-state index contributed by atoms with van der Waals surface area (Å²) in [4.78, 5) is 15.5. The van der Waals surface area contributed by atoms with E-state index in [9.17, 15) is 0 Å². The Morgan fingerprint density at radius 3 is 2.47 bits per heavy atom. The highest BCUT2D eigenvalue weighted by molar-refractivity contribution is 5.99. The molecule has 7 heteroatoms. The minimum atomic E-state index is 0.440. The Bertz CT molecular complexity index is 876. The highest BCUT2D eigenvalue weighted by Crippen LogP contribution is 2.39. The van der Waals surface area contributed by atoms with E-state index in [0.717, 1.165) is 71.9 Å². The molecule has 2 aliphatic carbocycles. The normalized spacial score (nSPS) is 26.8. The van der Waals surface area contributed by atoms with Crippen LogP contribution in [0.25, 0.3) is 0 Å². The van der Waals surface area contributed by atoms with Gasteiger partial charge < -0.3 is 21.3 Å². The summed E-state index contributed by atoms with van der Waals surface area (Å²) >= 11 is 0. The van der Waals surface area contributed by atoms with E-state index in [-0.39, 0.29) is 0 Å². The van der Waals surface area contributed by atoms with Crippen molar-refractivity contribution in [1.29, 1.82) is 0 Å². The van der Waals surface area contributed by atoms with Gasteiger partial charge in [0.15, 0.2) is 0 Å². The van der Waals surface area contributed by atoms with E-state index in [1.54, 1.807) is 13.2 Å². The van der Waals surface area contributed by atoms with E-state index < -0.39 is 0 Å². The number of rotatable bonds is 8. The number of nitrogens with zero attached hydrogens (tertiary/aromatic N) is 4. The van der Waals surface area contributed by atoms with Crippen molar-refractivity contribution >= 4 is 18.3 Å². The first-order valence-corrected chi connectivity index (χ1v) is 11.5. The first-order chi connectivity index (χ1) is 15.3. The molecule has 1 saturated carbocycles. The lowest BCUT2D eigenvalue weighted by atomic mass is 9.97. The zero-order valence-electron chi connectivity index (χ0n) is 20.1. The Labute approximate surface area is 193 Å². The molecule has 3 rings (SSSR count). The van der Waals surface area contributed by atoms with E-state index in [1.165, 1.54) is 18.5 Å². The Kier molecular flexibility index (Phi) is 7.94. The van der Waals surface area contributed by atoms with Crippen LogP contribution >= 0.6 is 0 Å². The summed E-state index contributed by atoms with van der Waals surface area (Å²) < 4.78 is 0. The van der Waals surface area contributed by atoms with Gasteiger partial charge in [0.05, 0.1) is 0 Å². The molecular weight excluding hydrogens is 398 g/mol. The maximum absolute atomic E-state index is 6.24. The minimum Gasteiger partial charge on any atom is -0.398 e. The van der Waals surface area contributed by atoms with Crippen molar-refractivity contribution in [3.63, 3.8) is 0 Å². The fourth-order valence-electron chi connectivity index (χ4n) is 5.04. The number of hydrogen-bond acceptors (Lipinski definition) is 6. The molecule has 0 radical (unpaired) electrons. The van der Waals surface area contributed by atoms with Crippen LogP contribution in [0.15, 0.2) is 62.1 Å². The van der Waals surface area contributed by atoms with Gasteiger partial charge in [0.2, 0.25) is 0 Å². The molecule has 2 atom stereocenters. The predicted octanol–water partition coefficient (Wildman–Crippen LogP) is 3.35. The van der Waals surface area contributed by atoms with Gasteiger partial charge in [0, 0.05) is 60.8 Å². The second-order valence-corrected chi connectivity index (χ2v) is 9.22. The molecule has 1 saturated heterocycles. The van der Waals surface area contributed by atoms with E-state index >= 15 is 0 Å². The van der Waals surface area contributed by atoms with Crippen molar-refractivity contribution < 1.29 is 0 Å². The highest BCUT2D eigenvalue weighted by atomic mass is 15.2. The average Bonchev–Trinajstić information content (AvgIpc) is 3.31. The van der Waals surface area contributed by atoms with Crippen molar-refractivity contribution in [3.8, 4) is 0 Å². The summed E-state index contributed by atoms with van der Waals surface area (Å²) in [6.07, 6.45) is 7.93. The standard InChI is InChI=1S/C25H39N7/c1-16(2)32-13-19-9-22(10-20(19)14-32)31-25(17(3)12-27-5)30-15-29-21-7-8-23(18(4)28-6)24(26)11-21/h11-12,19-20,22,29H,1,5,7-10,13-15,26H2,2-4,6H3,(H,30,31)/b17-12-,28-18?. The summed E-state index contributed by atoms with van der Waals surface area (Å²) in [6.45, 7) is 16.6. The van der Waals surface area contributed by atoms with Gasteiger partial charge in [-0.2, -0.15) is 0 Å². The Morgan fingerprint density at radius 1 is 1.22 bits per heavy atom. The number of aliphatic imine (C=N–C) groups is 3. The molecule has 0 bridgehead atoms. The largest absolute Gasteiger partial charge is 0.398 e. The Balaban J connectivity index is 1.61. The molecule has 0 amide bonds. The molecule has 174 valence electrons. The van der Waals surface area contributed by atoms with Gasteiger partial charge in [-0.15, -0.1) is 0 Å². The van der Waals surface area contributed by atoms with E-state index in [2.05, 4.69) is 45.7 Å². The number of allylic oxidation sites excluding steroid dienone is 4. The molecule has 4 N–H and O–H groups in total. The van der Waals surface area contributed by atoms with E-state index in [4.69, 9.17) is 10.7 Å². The fraction of sp³-hybridized carbons (Fsp3) is 0.560. The van der Waals surface area contributed by atoms with Gasteiger partial charge in [-0.25, -0.2) is 4.99 Å². The van der Waals surface area contributed by atoms with E-state index in [1.807, 2.05) is 19.9 Å². The number of hydrogen-bond donors (Lipinski definition) is 3. The van der Waals surface area contributed by atoms with Crippen LogP contribution in [0.2, 0.25) is 0 Å². The molecule has 2 fully saturated rings. The second-order valence-electron chi connectivity index (χ2n) is 9.22. The zero-order chi connectivity index (χ0) is 23.3. The molecule has 32 heavy (non-hydrogen) atoms. The number of nitrogens with one attached hydrogen (secondary N) is 2. The lowest BCUT2D eigenvalue weighted by Gasteiger charge is -2.22. The Hall–Kier alpha value is -2.83. The first kappa shape index (κ1) is 23.8. The molecular formula is C25H39N7. The molecule has 0 aromatic heterocycles. The maximum atomic E-state index is 6.24. The van der Waals surface area contributed by atoms with Crippen LogP contribution < -0.4 is 16.4 Å². The first-order valence-electron chi connectivity index (χ1n) is 11.5. The van der Waals surface area contributed by atoms with Crippen LogP contribution in [-0.2, 0) is 0 Å². The van der Waals surface area contributed by atoms with Crippen LogP contribution in [0, 0.1) is 11.8 Å². The molecule has 1 aliphatic heterocycles. The minimum absolute atomic E-state index is 0.440. The molecule has 0 aromatic carbocycles. The summed E-state index contributed by atoms with van der Waals surface area (Å²) in [6, 6.07) is 0.440. The third-order valence-electron chi connectivity index (χ3n) is 6.93. The van der Waals surface area contributed by atoms with Gasteiger partial charge in [0.25, 0.3) is 0 Å². The number of likely N-dealkylation sites (tertiary alicyclic amines) is 1. The summed E-state index contributed by atoms with van der Waals surface area (Å²) in [5, 5.41) is 7.12. The smallest absolute Gasteiger partial charge is 0.127 e. The van der Waals surface area contributed by atoms with Crippen molar-refractivity contribution in [2.45, 2.75) is 52.5 Å². The molecule has 7 nitrogen and oxygen atoms in total. The van der Waals surface area contributed by atoms with Crippen LogP contribution in [0.1, 0.15) is 46.5 Å². The number of nitrogens with two attached hydrogens (primary N) is 1. The average molecular weight is 438 g/mol. The van der Waals surface area contributed by atoms with Crippen LogP contribution in [0.4, 0.5) is 0 Å². The summed E-state index contributed by atoms with van der Waals surface area (Å²) in [5.74, 6) is 2.36. The van der Waals surface area contributed by atoms with Crippen LogP contribution in [0.5, 0.6) is 0 Å². The Morgan fingerprint density at radius 2 is 1.91 bits per heavy atom. The zero-order valence-corrected chi connectivity index (χ0v) is 20.1. The molecule has 3 aliphatic rings. The van der Waals surface area contributed by atoms with Gasteiger partial charge >= 0.3 is 0 Å².